The van der Waals surface area contributed by atoms with Crippen LogP contribution in [-0.2, 0) is 28.4 Å². The van der Waals surface area contributed by atoms with Crippen molar-refractivity contribution in [3.8, 4) is 11.3 Å². The minimum absolute atomic E-state index is 0.0388. The molecule has 0 saturated carbocycles. The van der Waals surface area contributed by atoms with Gasteiger partial charge < -0.3 is 35.1 Å². The van der Waals surface area contributed by atoms with E-state index in [0.717, 1.165) is 5.56 Å². The highest BCUT2D eigenvalue weighted by Crippen LogP contribution is 2.21. The van der Waals surface area contributed by atoms with Crippen molar-refractivity contribution in [2.45, 2.75) is 57.4 Å². The van der Waals surface area contributed by atoms with Crippen molar-refractivity contribution in [3.05, 3.63) is 54.2 Å². The van der Waals surface area contributed by atoms with Crippen LogP contribution in [0.2, 0.25) is 0 Å². The van der Waals surface area contributed by atoms with Crippen molar-refractivity contribution < 1.29 is 38.3 Å². The van der Waals surface area contributed by atoms with Gasteiger partial charge in [0.2, 0.25) is 5.91 Å². The molecular weight excluding hydrogens is 519 g/mol. The van der Waals surface area contributed by atoms with Gasteiger partial charge in [0, 0.05) is 5.56 Å². The monoisotopic (exact) mass is 554 g/mol. The number of aromatic nitrogens is 1. The van der Waals surface area contributed by atoms with Gasteiger partial charge in [-0.05, 0) is 38.4 Å². The van der Waals surface area contributed by atoms with E-state index in [0.29, 0.717) is 12.1 Å². The van der Waals surface area contributed by atoms with Gasteiger partial charge >= 0.3 is 19.1 Å². The summed E-state index contributed by atoms with van der Waals surface area (Å²) in [4.78, 5) is 55.4. The molecule has 12 nitrogen and oxygen atoms in total. The lowest BCUT2D eigenvalue weighted by atomic mass is 9.74. The number of hydrogen-bond donors (Lipinski definition) is 4. The Bertz CT molecular complexity index is 1200. The Hall–Kier alpha value is -3.81. The zero-order chi connectivity index (χ0) is 29.4. The van der Waals surface area contributed by atoms with E-state index < -0.39 is 61.1 Å². The molecule has 4 N–H and O–H groups in total. The third kappa shape index (κ3) is 7.65. The highest BCUT2D eigenvalue weighted by atomic mass is 16.7. The second kappa shape index (κ2) is 14.0. The Kier molecular flexibility index (Phi) is 10.8. The molecular formula is C27H35BN4O8. The van der Waals surface area contributed by atoms with Crippen LogP contribution in [0, 0.1) is 5.92 Å². The largest absolute Gasteiger partial charge is 0.552 e. The Morgan fingerprint density at radius 1 is 1.07 bits per heavy atom. The average Bonchev–Trinajstić information content (AvgIpc) is 3.32. The number of carbonyl (C=O) groups is 4. The van der Waals surface area contributed by atoms with E-state index in [2.05, 4.69) is 20.9 Å². The van der Waals surface area contributed by atoms with Gasteiger partial charge in [0.15, 0.2) is 6.10 Å². The summed E-state index contributed by atoms with van der Waals surface area (Å²) < 4.78 is 15.8. The SMILES string of the molecule is CN[C@@H](C(=O)OC)[C@H]1OB([C@H](CC(C)C)NC(=O)[C@@H](NC(=O)c2cccc(-c3ccccc3)n2)[C@@H](C)O)OC1=O. The van der Waals surface area contributed by atoms with Gasteiger partial charge in [0.05, 0.1) is 24.8 Å². The molecule has 1 fully saturated rings. The number of aliphatic hydroxyl groups is 1. The summed E-state index contributed by atoms with van der Waals surface area (Å²) in [5.41, 5.74) is 1.45. The average molecular weight is 554 g/mol. The number of methoxy groups -OCH3 is 1. The van der Waals surface area contributed by atoms with Crippen LogP contribution >= 0.6 is 0 Å². The number of nitrogens with zero attached hydrogens (tertiary/aromatic N) is 1. The lowest BCUT2D eigenvalue weighted by molar-refractivity contribution is -0.150. The number of likely N-dealkylation sites (N-methyl/N-ethyl adjacent to an activating group) is 1. The first-order valence-corrected chi connectivity index (χ1v) is 13.0. The van der Waals surface area contributed by atoms with Gasteiger partial charge in [-0.3, -0.25) is 19.2 Å². The minimum Gasteiger partial charge on any atom is -0.506 e. The van der Waals surface area contributed by atoms with Crippen LogP contribution in [0.1, 0.15) is 37.7 Å². The zero-order valence-electron chi connectivity index (χ0n) is 23.1. The topological polar surface area (TPSA) is 165 Å². The first-order valence-electron chi connectivity index (χ1n) is 13.0. The molecule has 2 heterocycles. The van der Waals surface area contributed by atoms with E-state index in [9.17, 15) is 24.3 Å². The molecule has 0 aliphatic carbocycles. The zero-order valence-corrected chi connectivity index (χ0v) is 23.1. The van der Waals surface area contributed by atoms with Crippen LogP contribution in [-0.4, -0.2) is 85.4 Å². The number of carbonyl (C=O) groups excluding carboxylic acids is 4. The third-order valence-corrected chi connectivity index (χ3v) is 6.30. The molecule has 214 valence electrons. The minimum atomic E-state index is -1.35. The van der Waals surface area contributed by atoms with Crippen LogP contribution in [0.5, 0.6) is 0 Å². The smallest absolute Gasteiger partial charge is 0.506 e. The Balaban J connectivity index is 1.75. The van der Waals surface area contributed by atoms with Crippen LogP contribution in [0.3, 0.4) is 0 Å². The van der Waals surface area contributed by atoms with Crippen LogP contribution in [0.4, 0.5) is 0 Å². The fraction of sp³-hybridized carbons (Fsp3) is 0.444. The number of aliphatic hydroxyl groups excluding tert-OH is 1. The molecule has 1 aliphatic heterocycles. The molecule has 0 unspecified atom stereocenters. The molecule has 0 spiro atoms. The number of nitrogens with one attached hydrogen (secondary N) is 3. The summed E-state index contributed by atoms with van der Waals surface area (Å²) in [5, 5.41) is 18.3. The van der Waals surface area contributed by atoms with E-state index in [1.165, 1.54) is 27.1 Å². The lowest BCUT2D eigenvalue weighted by Gasteiger charge is -2.26. The predicted molar refractivity (Wildman–Crippen MR) is 146 cm³/mol. The number of amides is 2. The first kappa shape index (κ1) is 30.7. The van der Waals surface area contributed by atoms with Gasteiger partial charge in [0.25, 0.3) is 5.91 Å². The molecule has 5 atom stereocenters. The van der Waals surface area contributed by atoms with Crippen LogP contribution < -0.4 is 16.0 Å². The molecule has 3 rings (SSSR count). The fourth-order valence-corrected chi connectivity index (χ4v) is 4.29. The van der Waals surface area contributed by atoms with Crippen molar-refractivity contribution in [1.29, 1.82) is 0 Å². The summed E-state index contributed by atoms with van der Waals surface area (Å²) in [6.45, 7) is 5.17. The number of benzene rings is 1. The van der Waals surface area contributed by atoms with Crippen molar-refractivity contribution in [2.75, 3.05) is 14.2 Å². The number of ether oxygens (including phenoxy) is 1. The Morgan fingerprint density at radius 3 is 2.38 bits per heavy atom. The summed E-state index contributed by atoms with van der Waals surface area (Å²) in [6.07, 6.45) is -2.22. The molecule has 1 aromatic carbocycles. The maximum Gasteiger partial charge on any atom is 0.552 e. The molecule has 2 aromatic rings. The van der Waals surface area contributed by atoms with E-state index in [1.807, 2.05) is 44.2 Å². The quantitative estimate of drug-likeness (QED) is 0.214. The normalized spacial score (nSPS) is 17.9. The number of hydrogen-bond acceptors (Lipinski definition) is 10. The standard InChI is InChI=1S/C27H35BN4O8/c1-15(2)14-20(28-39-23(27(37)40-28)22(29-4)26(36)38-5)31-25(35)21(16(3)33)32-24(34)19-13-9-12-18(30-19)17-10-7-6-8-11-17/h6-13,15-16,20-23,29,33H,14H2,1-5H3,(H,31,35)(H,32,34)/t16-,20+,21+,22-,23-/m1/s1. The number of pyridine rings is 1. The van der Waals surface area contributed by atoms with Gasteiger partial charge in [-0.2, -0.15) is 0 Å². The summed E-state index contributed by atoms with van der Waals surface area (Å²) in [5.74, 6) is -3.67. The molecule has 13 heteroatoms. The predicted octanol–water partition coefficient (Wildman–Crippen LogP) is 0.489. The van der Waals surface area contributed by atoms with Gasteiger partial charge in [0.1, 0.15) is 17.8 Å². The van der Waals surface area contributed by atoms with E-state index in [4.69, 9.17) is 14.0 Å². The summed E-state index contributed by atoms with van der Waals surface area (Å²) in [6, 6.07) is 11.8. The second-order valence-corrected chi connectivity index (χ2v) is 9.86. The highest BCUT2D eigenvalue weighted by molar-refractivity contribution is 6.51. The summed E-state index contributed by atoms with van der Waals surface area (Å²) in [7, 11) is 1.45. The van der Waals surface area contributed by atoms with Gasteiger partial charge in [-0.25, -0.2) is 4.98 Å². The Labute approximate surface area is 233 Å². The summed E-state index contributed by atoms with van der Waals surface area (Å²) >= 11 is 0. The Morgan fingerprint density at radius 2 is 1.77 bits per heavy atom. The van der Waals surface area contributed by atoms with E-state index in [-0.39, 0.29) is 11.6 Å². The number of rotatable bonds is 12. The maximum atomic E-state index is 13.3. The van der Waals surface area contributed by atoms with Crippen molar-refractivity contribution in [2.24, 2.45) is 5.92 Å². The first-order chi connectivity index (χ1) is 19.0. The van der Waals surface area contributed by atoms with Crippen molar-refractivity contribution in [1.82, 2.24) is 20.9 Å². The van der Waals surface area contributed by atoms with Crippen LogP contribution in [0.25, 0.3) is 11.3 Å². The molecule has 1 saturated heterocycles. The molecule has 0 bridgehead atoms. The van der Waals surface area contributed by atoms with Gasteiger partial charge in [-0.15, -0.1) is 0 Å². The van der Waals surface area contributed by atoms with E-state index >= 15 is 0 Å². The van der Waals surface area contributed by atoms with Crippen molar-refractivity contribution in [3.63, 3.8) is 0 Å². The second-order valence-electron chi connectivity index (χ2n) is 9.86. The lowest BCUT2D eigenvalue weighted by Crippen LogP contribution is -2.58. The van der Waals surface area contributed by atoms with Crippen molar-refractivity contribution >= 4 is 30.9 Å². The molecule has 1 aliphatic rings. The molecule has 0 radical (unpaired) electrons. The van der Waals surface area contributed by atoms with Crippen LogP contribution in [0.15, 0.2) is 48.5 Å². The number of esters is 1. The highest BCUT2D eigenvalue weighted by Gasteiger charge is 2.51. The molecule has 40 heavy (non-hydrogen) atoms. The van der Waals surface area contributed by atoms with Gasteiger partial charge in [-0.1, -0.05) is 50.2 Å². The molecule has 2 amide bonds. The molecule has 1 aromatic heterocycles. The third-order valence-electron chi connectivity index (χ3n) is 6.30. The van der Waals surface area contributed by atoms with E-state index in [1.54, 1.807) is 12.1 Å². The maximum absolute atomic E-state index is 13.3. The fourth-order valence-electron chi connectivity index (χ4n) is 4.29.